The Morgan fingerprint density at radius 2 is 1.64 bits per heavy atom. The Hall–Kier alpha value is -1.64. The van der Waals surface area contributed by atoms with E-state index in [1.165, 1.54) is 16.9 Å². The first kappa shape index (κ1) is 12.9. The lowest BCUT2D eigenvalue weighted by Gasteiger charge is -2.42. The van der Waals surface area contributed by atoms with Gasteiger partial charge in [0.15, 0.2) is 0 Å². The van der Waals surface area contributed by atoms with E-state index in [1.54, 1.807) is 0 Å². The van der Waals surface area contributed by atoms with Crippen LogP contribution in [0.4, 0.5) is 5.69 Å². The minimum atomic E-state index is -0.0136. The van der Waals surface area contributed by atoms with E-state index in [2.05, 4.69) is 13.0 Å². The van der Waals surface area contributed by atoms with Crippen LogP contribution in [-0.2, 0) is 16.0 Å². The first-order valence-electron chi connectivity index (χ1n) is 8.67. The van der Waals surface area contributed by atoms with Crippen LogP contribution in [0.2, 0.25) is 0 Å². The lowest BCUT2D eigenvalue weighted by Crippen LogP contribution is -2.43. The SMILES string of the molecule is CCc1cccc(N2C(=O)[C@@H]3[C@@H]4CC[C@@H]([C@@H]5C[C@@H]54)[C@@H]3C2=O)c1. The maximum absolute atomic E-state index is 13.0. The first-order chi connectivity index (χ1) is 10.7. The lowest BCUT2D eigenvalue weighted by molar-refractivity contribution is -0.129. The van der Waals surface area contributed by atoms with E-state index in [1.807, 2.05) is 18.2 Å². The van der Waals surface area contributed by atoms with Crippen LogP contribution in [0, 0.1) is 35.5 Å². The van der Waals surface area contributed by atoms with Gasteiger partial charge in [0, 0.05) is 0 Å². The average Bonchev–Trinajstić information content (AvgIpc) is 3.32. The van der Waals surface area contributed by atoms with Crippen LogP contribution in [0.3, 0.4) is 0 Å². The first-order valence-corrected chi connectivity index (χ1v) is 8.67. The van der Waals surface area contributed by atoms with Gasteiger partial charge in [-0.2, -0.15) is 0 Å². The van der Waals surface area contributed by atoms with Crippen molar-refractivity contribution in [1.82, 2.24) is 0 Å². The molecule has 1 heterocycles. The van der Waals surface area contributed by atoms with Crippen LogP contribution >= 0.6 is 0 Å². The van der Waals surface area contributed by atoms with Crippen molar-refractivity contribution in [2.75, 3.05) is 4.90 Å². The second-order valence-corrected chi connectivity index (χ2v) is 7.56. The predicted octanol–water partition coefficient (Wildman–Crippen LogP) is 3.03. The monoisotopic (exact) mass is 295 g/mol. The molecule has 0 unspecified atom stereocenters. The summed E-state index contributed by atoms with van der Waals surface area (Å²) in [5.41, 5.74) is 1.97. The van der Waals surface area contributed by atoms with E-state index in [9.17, 15) is 9.59 Å². The van der Waals surface area contributed by atoms with Gasteiger partial charge in [-0.05, 0) is 67.1 Å². The summed E-state index contributed by atoms with van der Waals surface area (Å²) in [7, 11) is 0. The zero-order valence-electron chi connectivity index (χ0n) is 12.9. The molecular weight excluding hydrogens is 274 g/mol. The highest BCUT2D eigenvalue weighted by Crippen LogP contribution is 2.68. The molecule has 4 saturated carbocycles. The van der Waals surface area contributed by atoms with Gasteiger partial charge in [0.05, 0.1) is 17.5 Å². The zero-order chi connectivity index (χ0) is 15.0. The molecule has 2 amide bonds. The highest BCUT2D eigenvalue weighted by Gasteiger charge is 2.68. The molecule has 1 aliphatic heterocycles. The molecule has 0 spiro atoms. The van der Waals surface area contributed by atoms with Gasteiger partial charge in [-0.3, -0.25) is 14.5 Å². The molecule has 22 heavy (non-hydrogen) atoms. The summed E-state index contributed by atoms with van der Waals surface area (Å²) in [5, 5.41) is 0. The van der Waals surface area contributed by atoms with Crippen molar-refractivity contribution in [2.45, 2.75) is 32.6 Å². The smallest absolute Gasteiger partial charge is 0.237 e. The van der Waals surface area contributed by atoms with E-state index in [0.717, 1.165) is 36.8 Å². The summed E-state index contributed by atoms with van der Waals surface area (Å²) >= 11 is 0. The number of anilines is 1. The van der Waals surface area contributed by atoms with Crippen LogP contribution in [0.25, 0.3) is 0 Å². The normalized spacial score (nSPS) is 41.6. The minimum Gasteiger partial charge on any atom is -0.274 e. The summed E-state index contributed by atoms with van der Waals surface area (Å²) in [5.74, 6) is 2.61. The average molecular weight is 295 g/mol. The molecule has 3 nitrogen and oxygen atoms in total. The van der Waals surface area contributed by atoms with Gasteiger partial charge in [0.1, 0.15) is 0 Å². The van der Waals surface area contributed by atoms with Crippen molar-refractivity contribution in [1.29, 1.82) is 0 Å². The molecule has 0 aromatic heterocycles. The van der Waals surface area contributed by atoms with E-state index >= 15 is 0 Å². The number of aryl methyl sites for hydroxylation is 1. The third kappa shape index (κ3) is 1.47. The Labute approximate surface area is 130 Å². The Bertz CT molecular complexity index is 648. The standard InChI is InChI=1S/C19H21NO2/c1-2-10-4-3-5-11(8-10)20-18(21)16-12-6-7-13(15-9-14(12)15)17(16)19(20)22/h3-5,8,12-17H,2,6-7,9H2,1H3/t12-,13+,14-,15+,16-,17+. The van der Waals surface area contributed by atoms with Crippen molar-refractivity contribution >= 4 is 17.5 Å². The maximum atomic E-state index is 13.0. The van der Waals surface area contributed by atoms with E-state index in [4.69, 9.17) is 0 Å². The number of amides is 2. The summed E-state index contributed by atoms with van der Waals surface area (Å²) in [6.45, 7) is 2.10. The number of carbonyl (C=O) groups is 2. The van der Waals surface area contributed by atoms with E-state index in [0.29, 0.717) is 11.8 Å². The Balaban J connectivity index is 1.56. The molecule has 114 valence electrons. The van der Waals surface area contributed by atoms with Crippen LogP contribution in [0.1, 0.15) is 31.7 Å². The summed E-state index contributed by atoms with van der Waals surface area (Å²) < 4.78 is 0. The maximum Gasteiger partial charge on any atom is 0.237 e. The van der Waals surface area contributed by atoms with Gasteiger partial charge >= 0.3 is 0 Å². The van der Waals surface area contributed by atoms with E-state index < -0.39 is 0 Å². The Morgan fingerprint density at radius 1 is 1.00 bits per heavy atom. The number of benzene rings is 1. The third-order valence-electron chi connectivity index (χ3n) is 6.72. The molecule has 6 atom stereocenters. The van der Waals surface area contributed by atoms with Crippen LogP contribution in [0.15, 0.2) is 24.3 Å². The fourth-order valence-corrected chi connectivity index (χ4v) is 5.71. The van der Waals surface area contributed by atoms with Crippen LogP contribution in [-0.4, -0.2) is 11.8 Å². The van der Waals surface area contributed by atoms with Gasteiger partial charge < -0.3 is 0 Å². The summed E-state index contributed by atoms with van der Waals surface area (Å²) in [6, 6.07) is 7.94. The Kier molecular flexibility index (Phi) is 2.46. The number of rotatable bonds is 2. The van der Waals surface area contributed by atoms with Gasteiger partial charge in [-0.25, -0.2) is 0 Å². The molecule has 3 heteroatoms. The Morgan fingerprint density at radius 3 is 2.23 bits per heavy atom. The van der Waals surface area contributed by atoms with Gasteiger partial charge in [0.25, 0.3) is 0 Å². The topological polar surface area (TPSA) is 37.4 Å². The van der Waals surface area contributed by atoms with Gasteiger partial charge in [-0.15, -0.1) is 0 Å². The van der Waals surface area contributed by atoms with Gasteiger partial charge in [0.2, 0.25) is 11.8 Å². The highest BCUT2D eigenvalue weighted by atomic mass is 16.2. The number of fused-ring (bicyclic) bond motifs is 1. The fraction of sp³-hybridized carbons (Fsp3) is 0.579. The van der Waals surface area contributed by atoms with E-state index in [-0.39, 0.29) is 23.7 Å². The molecular formula is C19H21NO2. The molecule has 0 radical (unpaired) electrons. The quantitative estimate of drug-likeness (QED) is 0.786. The number of nitrogens with zero attached hydrogens (tertiary/aromatic N) is 1. The second kappa shape index (κ2) is 4.21. The minimum absolute atomic E-state index is 0.0136. The highest BCUT2D eigenvalue weighted by molar-refractivity contribution is 6.22. The molecule has 2 bridgehead atoms. The van der Waals surface area contributed by atoms with Crippen LogP contribution < -0.4 is 4.90 Å². The van der Waals surface area contributed by atoms with Crippen molar-refractivity contribution in [3.8, 4) is 0 Å². The molecule has 6 rings (SSSR count). The molecule has 4 aliphatic carbocycles. The lowest BCUT2D eigenvalue weighted by atomic mass is 9.59. The van der Waals surface area contributed by atoms with Gasteiger partial charge in [-0.1, -0.05) is 19.1 Å². The summed E-state index contributed by atoms with van der Waals surface area (Å²) in [6.07, 6.45) is 4.52. The number of carbonyl (C=O) groups excluding carboxylic acids is 2. The molecule has 1 aromatic carbocycles. The molecule has 0 N–H and O–H groups in total. The predicted molar refractivity (Wildman–Crippen MR) is 83.1 cm³/mol. The zero-order valence-corrected chi connectivity index (χ0v) is 12.9. The molecule has 1 saturated heterocycles. The summed E-state index contributed by atoms with van der Waals surface area (Å²) in [4.78, 5) is 27.5. The molecule has 5 fully saturated rings. The number of hydrogen-bond donors (Lipinski definition) is 0. The van der Waals surface area contributed by atoms with Crippen molar-refractivity contribution in [3.05, 3.63) is 29.8 Å². The largest absolute Gasteiger partial charge is 0.274 e. The fourth-order valence-electron chi connectivity index (χ4n) is 5.71. The number of imide groups is 1. The number of hydrogen-bond acceptors (Lipinski definition) is 2. The van der Waals surface area contributed by atoms with Crippen molar-refractivity contribution in [3.63, 3.8) is 0 Å². The molecule has 1 aromatic rings. The second-order valence-electron chi connectivity index (χ2n) is 7.56. The third-order valence-corrected chi connectivity index (χ3v) is 6.72. The molecule has 5 aliphatic rings. The van der Waals surface area contributed by atoms with Crippen molar-refractivity contribution in [2.24, 2.45) is 35.5 Å². The van der Waals surface area contributed by atoms with Crippen LogP contribution in [0.5, 0.6) is 0 Å². The van der Waals surface area contributed by atoms with Crippen molar-refractivity contribution < 1.29 is 9.59 Å².